The lowest BCUT2D eigenvalue weighted by atomic mass is 10.0. The summed E-state index contributed by atoms with van der Waals surface area (Å²) in [5, 5.41) is 3.92. The Kier molecular flexibility index (Phi) is 12.3. The van der Waals surface area contributed by atoms with E-state index >= 15 is 0 Å². The molecule has 4 aromatic carbocycles. The molecule has 49 heavy (non-hydrogen) atoms. The summed E-state index contributed by atoms with van der Waals surface area (Å²) in [5.41, 5.74) is 2.63. The summed E-state index contributed by atoms with van der Waals surface area (Å²) in [6.45, 7) is 1.26. The molecular formula is C37H38BrCl2N3O5S. The van der Waals surface area contributed by atoms with Crippen LogP contribution in [0.4, 0.5) is 5.69 Å². The Morgan fingerprint density at radius 1 is 0.959 bits per heavy atom. The molecule has 0 spiro atoms. The summed E-state index contributed by atoms with van der Waals surface area (Å²) < 4.78 is 35.6. The van der Waals surface area contributed by atoms with Crippen LogP contribution in [0.1, 0.15) is 42.4 Å². The molecule has 0 heterocycles. The van der Waals surface area contributed by atoms with E-state index in [2.05, 4.69) is 21.2 Å². The van der Waals surface area contributed by atoms with Crippen LogP contribution in [0.5, 0.6) is 5.75 Å². The second-order valence-corrected chi connectivity index (χ2v) is 15.7. The van der Waals surface area contributed by atoms with Crippen LogP contribution < -0.4 is 14.4 Å². The summed E-state index contributed by atoms with van der Waals surface area (Å²) in [7, 11) is -2.81. The van der Waals surface area contributed by atoms with Gasteiger partial charge in [0.1, 0.15) is 18.3 Å². The summed E-state index contributed by atoms with van der Waals surface area (Å²) >= 11 is 16.2. The molecule has 2 amide bonds. The van der Waals surface area contributed by atoms with Crippen molar-refractivity contribution >= 4 is 66.7 Å². The molecule has 1 aliphatic rings. The van der Waals surface area contributed by atoms with Crippen LogP contribution in [0.15, 0.2) is 100 Å². The van der Waals surface area contributed by atoms with Gasteiger partial charge in [0.05, 0.1) is 22.2 Å². The van der Waals surface area contributed by atoms with Gasteiger partial charge in [0, 0.05) is 29.1 Å². The molecule has 0 radical (unpaired) electrons. The molecule has 1 saturated carbocycles. The lowest BCUT2D eigenvalue weighted by molar-refractivity contribution is -0.140. The van der Waals surface area contributed by atoms with E-state index in [4.69, 9.17) is 27.9 Å². The smallest absolute Gasteiger partial charge is 0.264 e. The Labute approximate surface area is 306 Å². The third-order valence-electron chi connectivity index (χ3n) is 8.64. The SMILES string of the molecule is COc1ccc(S(=O)(=O)N(CC(=O)N(Cc2ccc(Cl)cc2Cl)[C@H](Cc2ccccc2)C(=O)NC2CCCC2)c2ccc(C)cc2)cc1Br. The molecule has 0 bridgehead atoms. The van der Waals surface area contributed by atoms with Gasteiger partial charge in [-0.25, -0.2) is 8.42 Å². The number of halogens is 3. The number of carbonyl (C=O) groups is 2. The molecule has 0 unspecified atom stereocenters. The van der Waals surface area contributed by atoms with E-state index in [-0.39, 0.29) is 29.8 Å². The zero-order chi connectivity index (χ0) is 35.1. The minimum atomic E-state index is -4.30. The third-order valence-corrected chi connectivity index (χ3v) is 11.6. The first-order chi connectivity index (χ1) is 23.5. The predicted molar refractivity (Wildman–Crippen MR) is 198 cm³/mol. The van der Waals surface area contributed by atoms with Crippen molar-refractivity contribution in [1.82, 2.24) is 10.2 Å². The summed E-state index contributed by atoms with van der Waals surface area (Å²) in [4.78, 5) is 30.3. The minimum Gasteiger partial charge on any atom is -0.496 e. The fourth-order valence-electron chi connectivity index (χ4n) is 5.93. The first-order valence-electron chi connectivity index (χ1n) is 16.0. The molecule has 0 saturated heterocycles. The number of benzene rings is 4. The van der Waals surface area contributed by atoms with Crippen LogP contribution >= 0.6 is 39.1 Å². The topological polar surface area (TPSA) is 96.0 Å². The van der Waals surface area contributed by atoms with Crippen LogP contribution in [0.25, 0.3) is 0 Å². The highest BCUT2D eigenvalue weighted by Gasteiger charge is 2.36. The maximum Gasteiger partial charge on any atom is 0.264 e. The van der Waals surface area contributed by atoms with Gasteiger partial charge in [0.25, 0.3) is 10.0 Å². The lowest BCUT2D eigenvalue weighted by Crippen LogP contribution is -2.54. The zero-order valence-electron chi connectivity index (χ0n) is 27.2. The molecule has 1 N–H and O–H groups in total. The molecule has 258 valence electrons. The number of rotatable bonds is 13. The number of carbonyl (C=O) groups excluding carboxylic acids is 2. The van der Waals surface area contributed by atoms with E-state index in [1.807, 2.05) is 37.3 Å². The highest BCUT2D eigenvalue weighted by Crippen LogP contribution is 2.32. The molecule has 12 heteroatoms. The number of nitrogens with zero attached hydrogens (tertiary/aromatic N) is 2. The Balaban J connectivity index is 1.59. The van der Waals surface area contributed by atoms with Crippen molar-refractivity contribution in [1.29, 1.82) is 0 Å². The van der Waals surface area contributed by atoms with Crippen molar-refractivity contribution in [3.8, 4) is 5.75 Å². The van der Waals surface area contributed by atoms with Crippen LogP contribution in [-0.4, -0.2) is 50.9 Å². The lowest BCUT2D eigenvalue weighted by Gasteiger charge is -2.34. The van der Waals surface area contributed by atoms with E-state index in [1.165, 1.54) is 24.1 Å². The predicted octanol–water partition coefficient (Wildman–Crippen LogP) is 7.97. The van der Waals surface area contributed by atoms with E-state index in [0.29, 0.717) is 31.5 Å². The van der Waals surface area contributed by atoms with Crippen molar-refractivity contribution in [3.05, 3.63) is 122 Å². The summed E-state index contributed by atoms with van der Waals surface area (Å²) in [6.07, 6.45) is 3.96. The van der Waals surface area contributed by atoms with Gasteiger partial charge in [0.2, 0.25) is 11.8 Å². The normalized spacial score (nSPS) is 13.9. The molecule has 5 rings (SSSR count). The van der Waals surface area contributed by atoms with Gasteiger partial charge < -0.3 is 15.0 Å². The largest absolute Gasteiger partial charge is 0.496 e. The Morgan fingerprint density at radius 2 is 1.65 bits per heavy atom. The van der Waals surface area contributed by atoms with E-state index in [0.717, 1.165) is 41.1 Å². The number of nitrogens with one attached hydrogen (secondary N) is 1. The van der Waals surface area contributed by atoms with E-state index in [1.54, 1.807) is 48.5 Å². The number of amides is 2. The van der Waals surface area contributed by atoms with Crippen molar-refractivity contribution in [3.63, 3.8) is 0 Å². The van der Waals surface area contributed by atoms with E-state index < -0.39 is 28.5 Å². The Bertz CT molecular complexity index is 1890. The van der Waals surface area contributed by atoms with Gasteiger partial charge in [-0.3, -0.25) is 13.9 Å². The van der Waals surface area contributed by atoms with Crippen molar-refractivity contribution in [2.45, 2.75) is 62.6 Å². The number of sulfonamides is 1. The van der Waals surface area contributed by atoms with Crippen LogP contribution in [0.3, 0.4) is 0 Å². The molecular weight excluding hydrogens is 749 g/mol. The fraction of sp³-hybridized carbons (Fsp3) is 0.297. The molecule has 1 atom stereocenters. The molecule has 1 fully saturated rings. The second-order valence-electron chi connectivity index (χ2n) is 12.1. The maximum absolute atomic E-state index is 14.7. The fourth-order valence-corrected chi connectivity index (χ4v) is 8.53. The van der Waals surface area contributed by atoms with Crippen LogP contribution in [0.2, 0.25) is 10.0 Å². The number of ether oxygens (including phenoxy) is 1. The highest BCUT2D eigenvalue weighted by molar-refractivity contribution is 9.10. The molecule has 4 aromatic rings. The monoisotopic (exact) mass is 785 g/mol. The number of methoxy groups -OCH3 is 1. The summed E-state index contributed by atoms with van der Waals surface area (Å²) in [5.74, 6) is -0.428. The third kappa shape index (κ3) is 9.16. The standard InChI is InChI=1S/C37H38BrCl2N3O5S/c1-25-12-16-30(17-13-25)43(49(46,47)31-18-19-35(48-2)32(38)22-31)24-36(44)42(23-27-14-15-28(39)21-33(27)40)34(20-26-8-4-3-5-9-26)37(45)41-29-10-6-7-11-29/h3-5,8-9,12-19,21-22,29,34H,6-7,10-11,20,23-24H2,1-2H3,(H,41,45)/t34-/m1/s1. The van der Waals surface area contributed by atoms with Gasteiger partial charge in [-0.05, 0) is 89.3 Å². The molecule has 8 nitrogen and oxygen atoms in total. The molecule has 0 aromatic heterocycles. The van der Waals surface area contributed by atoms with Crippen molar-refractivity contribution < 1.29 is 22.7 Å². The second kappa shape index (κ2) is 16.4. The average molecular weight is 788 g/mol. The van der Waals surface area contributed by atoms with E-state index in [9.17, 15) is 18.0 Å². The quantitative estimate of drug-likeness (QED) is 0.148. The first kappa shape index (κ1) is 36.7. The number of aryl methyl sites for hydroxylation is 1. The van der Waals surface area contributed by atoms with Crippen molar-refractivity contribution in [2.75, 3.05) is 18.0 Å². The van der Waals surface area contributed by atoms with Crippen LogP contribution in [-0.2, 0) is 32.6 Å². The number of anilines is 1. The first-order valence-corrected chi connectivity index (χ1v) is 19.0. The Hall–Kier alpha value is -3.57. The van der Waals surface area contributed by atoms with Gasteiger partial charge in [-0.15, -0.1) is 0 Å². The number of hydrogen-bond acceptors (Lipinski definition) is 5. The maximum atomic E-state index is 14.7. The minimum absolute atomic E-state index is 0.000186. The Morgan fingerprint density at radius 3 is 2.29 bits per heavy atom. The summed E-state index contributed by atoms with van der Waals surface area (Å²) in [6, 6.07) is 24.7. The van der Waals surface area contributed by atoms with Crippen molar-refractivity contribution in [2.24, 2.45) is 0 Å². The highest BCUT2D eigenvalue weighted by atomic mass is 79.9. The average Bonchev–Trinajstić information content (AvgIpc) is 3.60. The van der Waals surface area contributed by atoms with Gasteiger partial charge in [0.15, 0.2) is 0 Å². The van der Waals surface area contributed by atoms with Crippen LogP contribution in [0, 0.1) is 6.92 Å². The van der Waals surface area contributed by atoms with Gasteiger partial charge in [-0.1, -0.05) is 90.1 Å². The molecule has 1 aliphatic carbocycles. The van der Waals surface area contributed by atoms with Gasteiger partial charge in [-0.2, -0.15) is 0 Å². The zero-order valence-corrected chi connectivity index (χ0v) is 31.2. The number of hydrogen-bond donors (Lipinski definition) is 1. The molecule has 0 aliphatic heterocycles. The van der Waals surface area contributed by atoms with Gasteiger partial charge >= 0.3 is 0 Å².